The fourth-order valence-electron chi connectivity index (χ4n) is 3.04. The van der Waals surface area contributed by atoms with Gasteiger partial charge in [-0.1, -0.05) is 19.8 Å². The molecular weight excluding hydrogens is 264 g/mol. The Morgan fingerprint density at radius 3 is 2.86 bits per heavy atom. The molecule has 3 rings (SSSR count). The van der Waals surface area contributed by atoms with E-state index >= 15 is 0 Å². The molecule has 0 radical (unpaired) electrons. The van der Waals surface area contributed by atoms with Gasteiger partial charge in [0.25, 0.3) is 0 Å². The van der Waals surface area contributed by atoms with Crippen LogP contribution in [0.25, 0.3) is 0 Å². The molecule has 0 bridgehead atoms. The molecule has 2 unspecified atom stereocenters. The van der Waals surface area contributed by atoms with E-state index in [-0.39, 0.29) is 5.91 Å². The van der Waals surface area contributed by atoms with Gasteiger partial charge in [0, 0.05) is 18.3 Å². The Morgan fingerprint density at radius 1 is 1.24 bits per heavy atom. The van der Waals surface area contributed by atoms with Crippen LogP contribution >= 0.6 is 0 Å². The molecule has 0 spiro atoms. The number of anilines is 1. The second-order valence-electron chi connectivity index (χ2n) is 6.72. The highest BCUT2D eigenvalue weighted by Crippen LogP contribution is 2.25. The van der Waals surface area contributed by atoms with Crippen molar-refractivity contribution in [1.82, 2.24) is 15.1 Å². The fourth-order valence-corrected chi connectivity index (χ4v) is 3.04. The first-order chi connectivity index (χ1) is 10.2. The van der Waals surface area contributed by atoms with Crippen LogP contribution in [0.1, 0.15) is 51.9 Å². The van der Waals surface area contributed by atoms with E-state index in [1.54, 1.807) is 4.68 Å². The van der Waals surface area contributed by atoms with Gasteiger partial charge in [-0.25, -0.2) is 0 Å². The third-order valence-electron chi connectivity index (χ3n) is 4.51. The van der Waals surface area contributed by atoms with E-state index in [9.17, 15) is 4.79 Å². The van der Waals surface area contributed by atoms with E-state index in [1.165, 1.54) is 32.1 Å². The summed E-state index contributed by atoms with van der Waals surface area (Å²) < 4.78 is 1.72. The van der Waals surface area contributed by atoms with Crippen molar-refractivity contribution in [1.29, 1.82) is 0 Å². The molecule has 0 aliphatic heterocycles. The molecule has 5 nitrogen and oxygen atoms in total. The maximum atomic E-state index is 11.8. The number of carbonyl (C=O) groups is 1. The molecule has 21 heavy (non-hydrogen) atoms. The zero-order valence-electron chi connectivity index (χ0n) is 12.8. The molecule has 1 aromatic heterocycles. The third kappa shape index (κ3) is 4.48. The van der Waals surface area contributed by atoms with Crippen molar-refractivity contribution in [3.05, 3.63) is 12.4 Å². The fraction of sp³-hybridized carbons (Fsp3) is 0.750. The Hall–Kier alpha value is -1.52. The number of amides is 1. The van der Waals surface area contributed by atoms with Crippen molar-refractivity contribution in [3.63, 3.8) is 0 Å². The first-order valence-corrected chi connectivity index (χ1v) is 8.27. The van der Waals surface area contributed by atoms with Gasteiger partial charge >= 0.3 is 0 Å². The monoisotopic (exact) mass is 290 g/mol. The second-order valence-corrected chi connectivity index (χ2v) is 6.72. The van der Waals surface area contributed by atoms with Gasteiger partial charge in [0.1, 0.15) is 6.54 Å². The van der Waals surface area contributed by atoms with Crippen LogP contribution in [-0.4, -0.2) is 27.8 Å². The summed E-state index contributed by atoms with van der Waals surface area (Å²) in [5, 5.41) is 10.8. The Morgan fingerprint density at radius 2 is 2.05 bits per heavy atom. The van der Waals surface area contributed by atoms with Gasteiger partial charge in [-0.05, 0) is 38.0 Å². The molecule has 2 N–H and O–H groups in total. The quantitative estimate of drug-likeness (QED) is 0.819. The molecule has 0 saturated heterocycles. The summed E-state index contributed by atoms with van der Waals surface area (Å²) in [5.41, 5.74) is 1.04. The Labute approximate surface area is 126 Å². The smallest absolute Gasteiger partial charge is 0.241 e. The molecule has 2 fully saturated rings. The van der Waals surface area contributed by atoms with Crippen LogP contribution in [0.3, 0.4) is 0 Å². The van der Waals surface area contributed by atoms with E-state index in [0.29, 0.717) is 18.6 Å². The summed E-state index contributed by atoms with van der Waals surface area (Å²) in [6.45, 7) is 2.67. The lowest BCUT2D eigenvalue weighted by Crippen LogP contribution is -2.29. The molecule has 116 valence electrons. The van der Waals surface area contributed by atoms with Gasteiger partial charge in [-0.15, -0.1) is 0 Å². The molecule has 2 aliphatic rings. The Bertz CT molecular complexity index is 480. The maximum absolute atomic E-state index is 11.8. The summed E-state index contributed by atoms with van der Waals surface area (Å²) in [6, 6.07) is 0.964. The number of nitrogens with zero attached hydrogens (tertiary/aromatic N) is 2. The van der Waals surface area contributed by atoms with Crippen molar-refractivity contribution < 1.29 is 4.79 Å². The molecule has 1 aromatic rings. The number of carbonyl (C=O) groups excluding carboxylic acids is 1. The van der Waals surface area contributed by atoms with Crippen molar-refractivity contribution >= 4 is 11.6 Å². The van der Waals surface area contributed by atoms with E-state index in [0.717, 1.165) is 24.4 Å². The average molecular weight is 290 g/mol. The lowest BCUT2D eigenvalue weighted by Gasteiger charge is -2.16. The number of rotatable bonds is 5. The van der Waals surface area contributed by atoms with Crippen molar-refractivity contribution in [2.24, 2.45) is 5.92 Å². The van der Waals surface area contributed by atoms with Crippen LogP contribution < -0.4 is 10.6 Å². The van der Waals surface area contributed by atoms with E-state index < -0.39 is 0 Å². The lowest BCUT2D eigenvalue weighted by atomic mass is 10.0. The number of hydrogen-bond acceptors (Lipinski definition) is 3. The van der Waals surface area contributed by atoms with E-state index in [4.69, 9.17) is 0 Å². The van der Waals surface area contributed by atoms with E-state index in [1.807, 2.05) is 12.4 Å². The minimum atomic E-state index is 0.0652. The van der Waals surface area contributed by atoms with Gasteiger partial charge in [0.2, 0.25) is 5.91 Å². The highest BCUT2D eigenvalue weighted by atomic mass is 16.2. The molecule has 1 amide bonds. The topological polar surface area (TPSA) is 59.0 Å². The third-order valence-corrected chi connectivity index (χ3v) is 4.51. The zero-order chi connectivity index (χ0) is 14.7. The molecular formula is C16H26N4O. The van der Waals surface area contributed by atoms with E-state index in [2.05, 4.69) is 22.7 Å². The van der Waals surface area contributed by atoms with Crippen LogP contribution in [0, 0.1) is 5.92 Å². The van der Waals surface area contributed by atoms with Gasteiger partial charge in [-0.2, -0.15) is 5.10 Å². The first kappa shape index (κ1) is 14.4. The summed E-state index contributed by atoms with van der Waals surface area (Å²) in [5.74, 6) is 0.918. The summed E-state index contributed by atoms with van der Waals surface area (Å²) in [6.07, 6.45) is 12.4. The van der Waals surface area contributed by atoms with Crippen molar-refractivity contribution in [2.75, 3.05) is 5.32 Å². The van der Waals surface area contributed by atoms with Crippen LogP contribution in [0.2, 0.25) is 0 Å². The van der Waals surface area contributed by atoms with Crippen LogP contribution in [0.15, 0.2) is 12.4 Å². The van der Waals surface area contributed by atoms with Gasteiger partial charge < -0.3 is 10.6 Å². The van der Waals surface area contributed by atoms with Gasteiger partial charge in [0.05, 0.1) is 11.9 Å². The molecule has 2 atom stereocenters. The normalized spacial score (nSPS) is 26.1. The predicted molar refractivity (Wildman–Crippen MR) is 83.1 cm³/mol. The minimum Gasteiger partial charge on any atom is -0.380 e. The lowest BCUT2D eigenvalue weighted by molar-refractivity contribution is -0.122. The van der Waals surface area contributed by atoms with Crippen LogP contribution in [0.5, 0.6) is 0 Å². The van der Waals surface area contributed by atoms with Crippen molar-refractivity contribution in [2.45, 2.75) is 70.5 Å². The van der Waals surface area contributed by atoms with Gasteiger partial charge in [-0.3, -0.25) is 9.48 Å². The maximum Gasteiger partial charge on any atom is 0.241 e. The van der Waals surface area contributed by atoms with Gasteiger partial charge in [0.15, 0.2) is 0 Å². The second kappa shape index (κ2) is 6.50. The summed E-state index contributed by atoms with van der Waals surface area (Å²) in [7, 11) is 0. The Balaban J connectivity index is 1.48. The number of nitrogens with one attached hydrogen (secondary N) is 2. The molecule has 2 aliphatic carbocycles. The highest BCUT2D eigenvalue weighted by Gasteiger charge is 2.23. The minimum absolute atomic E-state index is 0.0652. The Kier molecular flexibility index (Phi) is 4.46. The number of hydrogen-bond donors (Lipinski definition) is 2. The summed E-state index contributed by atoms with van der Waals surface area (Å²) >= 11 is 0. The summed E-state index contributed by atoms with van der Waals surface area (Å²) in [4.78, 5) is 11.8. The average Bonchev–Trinajstić information content (AvgIpc) is 3.18. The van der Waals surface area contributed by atoms with Crippen LogP contribution in [-0.2, 0) is 11.3 Å². The highest BCUT2D eigenvalue weighted by molar-refractivity contribution is 5.76. The van der Waals surface area contributed by atoms with Crippen LogP contribution in [0.4, 0.5) is 5.69 Å². The molecule has 5 heteroatoms. The first-order valence-electron chi connectivity index (χ1n) is 8.27. The predicted octanol–water partition coefficient (Wildman–Crippen LogP) is 2.54. The largest absolute Gasteiger partial charge is 0.380 e. The molecule has 2 saturated carbocycles. The zero-order valence-corrected chi connectivity index (χ0v) is 12.8. The number of aromatic nitrogens is 2. The van der Waals surface area contributed by atoms with Crippen molar-refractivity contribution in [3.8, 4) is 0 Å². The SMILES string of the molecule is CC1CCCC(Nc2cnn(CC(=O)NC3CC3)c2)CC1. The standard InChI is InChI=1S/C16H26N4O/c1-12-3-2-4-13(6-5-12)18-15-9-17-20(10-15)11-16(21)19-14-7-8-14/h9-10,12-14,18H,2-8,11H2,1H3,(H,19,21). The molecule has 0 aromatic carbocycles. The molecule has 1 heterocycles.